The summed E-state index contributed by atoms with van der Waals surface area (Å²) in [6.07, 6.45) is -0.293. The van der Waals surface area contributed by atoms with E-state index in [4.69, 9.17) is 39.1 Å². The van der Waals surface area contributed by atoms with Crippen molar-refractivity contribution in [3.05, 3.63) is 36.2 Å². The minimum Gasteiger partial charge on any atom is -0.494 e. The average molecular weight is 952 g/mol. The predicted octanol–water partition coefficient (Wildman–Crippen LogP) is 4.85. The number of nitrogen functional groups attached to an aromatic ring is 1. The molecule has 20 heteroatoms. The minimum absolute atomic E-state index is 0.199. The maximum Gasteiger partial charge on any atom is 0.410 e. The number of rotatable bonds is 14. The van der Waals surface area contributed by atoms with Crippen LogP contribution in [0.15, 0.2) is 35.5 Å². The lowest BCUT2D eigenvalue weighted by molar-refractivity contribution is -0.295. The Morgan fingerprint density at radius 3 is 2.48 bits per heavy atom. The van der Waals surface area contributed by atoms with Crippen LogP contribution in [0.1, 0.15) is 86.8 Å². The zero-order chi connectivity index (χ0) is 48.4. The SMILES string of the molecule is CC[C@H]1OC(=O)[C@H](C)C(=O)[C@@H](C)[C@@H](O[C@@H]2O[C@H](C)C[C@H](N(C)CCc3cn(CCCOc4ccc(-c5nnc(N)s5)cc4)nn3)[C@H]2O)[C@](C)(OC)C[C@@H](C)C2=NCCN3C(=O)O[C@@]1(C)[C@H]3[C@H]2C. The summed E-state index contributed by atoms with van der Waals surface area (Å²) in [6, 6.07) is 6.83. The normalized spacial score (nSPS) is 34.0. The van der Waals surface area contributed by atoms with Gasteiger partial charge in [0.1, 0.15) is 28.9 Å². The highest BCUT2D eigenvalue weighted by atomic mass is 32.1. The number of aromatic nitrogens is 5. The number of fused-ring (bicyclic) bond motifs is 1. The highest BCUT2D eigenvalue weighted by molar-refractivity contribution is 7.18. The van der Waals surface area contributed by atoms with E-state index in [1.807, 2.05) is 72.1 Å². The van der Waals surface area contributed by atoms with E-state index >= 15 is 0 Å². The van der Waals surface area contributed by atoms with Crippen LogP contribution in [0, 0.1) is 23.7 Å². The number of nitrogens with two attached hydrogens (primary N) is 1. The summed E-state index contributed by atoms with van der Waals surface area (Å²) in [5.74, 6) is -2.93. The van der Waals surface area contributed by atoms with Crippen molar-refractivity contribution in [1.29, 1.82) is 0 Å². The van der Waals surface area contributed by atoms with Crippen LogP contribution in [0.3, 0.4) is 0 Å². The fourth-order valence-corrected chi connectivity index (χ4v) is 11.3. The summed E-state index contributed by atoms with van der Waals surface area (Å²) >= 11 is 1.33. The van der Waals surface area contributed by atoms with Gasteiger partial charge in [-0.1, -0.05) is 44.2 Å². The van der Waals surface area contributed by atoms with Gasteiger partial charge in [0.15, 0.2) is 17.7 Å². The molecule has 2 bridgehead atoms. The van der Waals surface area contributed by atoms with Crippen LogP contribution in [0.2, 0.25) is 0 Å². The van der Waals surface area contributed by atoms with Gasteiger partial charge < -0.3 is 44.2 Å². The molecular weight excluding hydrogens is 883 g/mol. The van der Waals surface area contributed by atoms with E-state index < -0.39 is 71.5 Å². The number of esters is 1. The number of carbonyl (C=O) groups excluding carboxylic acids is 3. The lowest BCUT2D eigenvalue weighted by atomic mass is 9.73. The van der Waals surface area contributed by atoms with E-state index in [1.165, 1.54) is 18.3 Å². The molecule has 0 saturated carbocycles. The second kappa shape index (κ2) is 21.0. The number of aliphatic imine (C=N–C) groups is 1. The van der Waals surface area contributed by atoms with Crippen molar-refractivity contribution in [3.63, 3.8) is 0 Å². The standard InChI is InChI=1S/C47H69N9O10S/c1-11-35-47(8)39-28(4)36(49-18-21-56(39)45(60)66-47)26(2)24-46(7,61-10)40(29(5)37(57)30(6)42(59)64-35)65-43-38(58)34(23-27(3)63-43)54(9)20-17-32-25-55(53-50-32)19-12-22-62-33-15-13-31(14-16-33)41-51-52-44(48)67-41/h13-16,25-30,34-35,38-40,43,58H,11-12,17-24H2,1-10H3,(H2,48,52)/t26-,27-,28+,29-,30-,34+,35-,38-,39-,40-,43+,46-,47-/m1/s1. The molecule has 19 nitrogen and oxygen atoms in total. The average Bonchev–Trinajstić information content (AvgIpc) is 3.99. The molecule has 3 N–H and O–H groups in total. The van der Waals surface area contributed by atoms with Gasteiger partial charge in [-0.05, 0) is 84.2 Å². The Labute approximate surface area is 397 Å². The number of cyclic esters (lactones) is 1. The van der Waals surface area contributed by atoms with E-state index in [2.05, 4.69) is 32.3 Å². The molecular formula is C47H69N9O10S. The molecule has 7 rings (SSSR count). The molecule has 2 aromatic heterocycles. The van der Waals surface area contributed by atoms with E-state index in [-0.39, 0.29) is 24.0 Å². The third-order valence-electron chi connectivity index (χ3n) is 14.4. The van der Waals surface area contributed by atoms with Gasteiger partial charge in [-0.2, -0.15) is 0 Å². The summed E-state index contributed by atoms with van der Waals surface area (Å²) in [5, 5.41) is 30.0. The van der Waals surface area contributed by atoms with E-state index in [9.17, 15) is 19.5 Å². The van der Waals surface area contributed by atoms with Crippen LogP contribution in [0.25, 0.3) is 10.6 Å². The van der Waals surface area contributed by atoms with Crippen molar-refractivity contribution < 1.29 is 47.9 Å². The van der Waals surface area contributed by atoms with Gasteiger partial charge in [0, 0.05) is 74.9 Å². The minimum atomic E-state index is -1.18. The number of anilines is 1. The third-order valence-corrected chi connectivity index (χ3v) is 15.2. The molecule has 67 heavy (non-hydrogen) atoms. The van der Waals surface area contributed by atoms with Crippen LogP contribution in [0.4, 0.5) is 9.93 Å². The molecule has 6 heterocycles. The largest absolute Gasteiger partial charge is 0.494 e. The summed E-state index contributed by atoms with van der Waals surface area (Å²) in [6.45, 7) is 17.3. The summed E-state index contributed by atoms with van der Waals surface area (Å²) < 4.78 is 39.6. The highest BCUT2D eigenvalue weighted by Gasteiger charge is 2.60. The number of ether oxygens (including phenoxy) is 6. The second-order valence-corrected chi connectivity index (χ2v) is 20.2. The second-order valence-electron chi connectivity index (χ2n) is 19.2. The van der Waals surface area contributed by atoms with Gasteiger partial charge in [0.05, 0.1) is 42.7 Å². The topological polar surface area (TPSA) is 228 Å². The number of methoxy groups -OCH3 is 1. The number of aliphatic hydroxyl groups is 1. The zero-order valence-electron chi connectivity index (χ0n) is 40.5. The van der Waals surface area contributed by atoms with Gasteiger partial charge in [-0.3, -0.25) is 24.2 Å². The van der Waals surface area contributed by atoms with Crippen molar-refractivity contribution in [3.8, 4) is 16.3 Å². The molecule has 1 aromatic carbocycles. The number of aliphatic hydroxyl groups excluding tert-OH is 1. The molecule has 3 aromatic rings. The molecule has 4 aliphatic rings. The summed E-state index contributed by atoms with van der Waals surface area (Å²) in [4.78, 5) is 50.7. The van der Waals surface area contributed by atoms with Crippen LogP contribution < -0.4 is 10.5 Å². The fraction of sp³-hybridized carbons (Fsp3) is 0.702. The lowest BCUT2D eigenvalue weighted by Crippen LogP contribution is -2.60. The number of aryl methyl sites for hydroxylation is 1. The van der Waals surface area contributed by atoms with E-state index in [0.29, 0.717) is 63.6 Å². The molecule has 0 aliphatic carbocycles. The quantitative estimate of drug-likeness (QED) is 0.125. The Bertz CT molecular complexity index is 2220. The molecule has 1 amide bonds. The van der Waals surface area contributed by atoms with Crippen LogP contribution in [0.5, 0.6) is 5.75 Å². The lowest BCUT2D eigenvalue weighted by Gasteiger charge is -2.47. The highest BCUT2D eigenvalue weighted by Crippen LogP contribution is 2.44. The zero-order valence-corrected chi connectivity index (χ0v) is 41.3. The first-order valence-corrected chi connectivity index (χ1v) is 24.4. The van der Waals surface area contributed by atoms with Crippen LogP contribution in [-0.4, -0.2) is 158 Å². The molecule has 3 saturated heterocycles. The molecule has 3 fully saturated rings. The first kappa shape index (κ1) is 50.3. The van der Waals surface area contributed by atoms with Crippen molar-refractivity contribution in [2.24, 2.45) is 28.7 Å². The van der Waals surface area contributed by atoms with Crippen molar-refractivity contribution >= 4 is 40.0 Å². The van der Waals surface area contributed by atoms with E-state index in [1.54, 1.807) is 23.6 Å². The predicted molar refractivity (Wildman–Crippen MR) is 249 cm³/mol. The number of amides is 1. The number of Topliss-reactive ketones (excluding diaryl/α,β-unsaturated/α-hetero) is 1. The first-order chi connectivity index (χ1) is 31.9. The van der Waals surface area contributed by atoms with Gasteiger partial charge in [-0.15, -0.1) is 15.3 Å². The first-order valence-electron chi connectivity index (χ1n) is 23.6. The monoisotopic (exact) mass is 951 g/mol. The molecule has 13 atom stereocenters. The number of likely N-dealkylation sites (N-methyl/N-ethyl adjacent to an activating group) is 1. The Kier molecular flexibility index (Phi) is 15.7. The number of hydrogen-bond acceptors (Lipinski definition) is 18. The summed E-state index contributed by atoms with van der Waals surface area (Å²) in [7, 11) is 3.53. The Hall–Kier alpha value is -4.60. The van der Waals surface area contributed by atoms with Crippen LogP contribution in [-0.2, 0) is 46.2 Å². The van der Waals surface area contributed by atoms with Gasteiger partial charge in [0.25, 0.3) is 0 Å². The van der Waals surface area contributed by atoms with Crippen molar-refractivity contribution in [1.82, 2.24) is 35.0 Å². The number of nitrogens with zero attached hydrogens (tertiary/aromatic N) is 8. The fourth-order valence-electron chi connectivity index (χ4n) is 10.7. The van der Waals surface area contributed by atoms with Gasteiger partial charge >= 0.3 is 12.1 Å². The molecule has 368 valence electrons. The molecule has 0 radical (unpaired) electrons. The van der Waals surface area contributed by atoms with Crippen LogP contribution >= 0.6 is 11.3 Å². The number of ketones is 1. The van der Waals surface area contributed by atoms with Gasteiger partial charge in [-0.25, -0.2) is 4.79 Å². The maximum atomic E-state index is 14.5. The maximum absolute atomic E-state index is 14.5. The van der Waals surface area contributed by atoms with Crippen molar-refractivity contribution in [2.75, 3.05) is 46.1 Å². The molecule has 4 aliphatic heterocycles. The summed E-state index contributed by atoms with van der Waals surface area (Å²) in [5.41, 5.74) is 6.01. The number of hydrogen-bond donors (Lipinski definition) is 2. The van der Waals surface area contributed by atoms with E-state index in [0.717, 1.165) is 34.1 Å². The number of carbonyl (C=O) groups is 3. The molecule has 0 unspecified atom stereocenters. The Balaban J connectivity index is 1.01. The van der Waals surface area contributed by atoms with Crippen molar-refractivity contribution in [2.45, 2.75) is 148 Å². The Morgan fingerprint density at radius 1 is 1.04 bits per heavy atom. The smallest absolute Gasteiger partial charge is 0.410 e. The Morgan fingerprint density at radius 2 is 1.79 bits per heavy atom. The third kappa shape index (κ3) is 10.7. The number of benzene rings is 1. The molecule has 0 spiro atoms. The van der Waals surface area contributed by atoms with Gasteiger partial charge in [0.2, 0.25) is 5.13 Å².